The van der Waals surface area contributed by atoms with Gasteiger partial charge in [-0.15, -0.1) is 0 Å². The van der Waals surface area contributed by atoms with Crippen molar-refractivity contribution >= 4 is 11.7 Å². The Morgan fingerprint density at radius 3 is 2.48 bits per heavy atom. The Morgan fingerprint density at radius 2 is 1.88 bits per heavy atom. The van der Waals surface area contributed by atoms with E-state index in [4.69, 9.17) is 5.73 Å². The maximum Gasteiger partial charge on any atom is 0.252 e. The normalized spacial score (nSPS) is 30.5. The monoisotopic (exact) mass is 583 g/mol. The number of phenols is 1. The van der Waals surface area contributed by atoms with Crippen LogP contribution in [0.15, 0.2) is 41.4 Å². The molecule has 3 atom stereocenters. The van der Waals surface area contributed by atoms with Crippen LogP contribution in [0.3, 0.4) is 0 Å². The van der Waals surface area contributed by atoms with E-state index in [0.29, 0.717) is 12.1 Å². The van der Waals surface area contributed by atoms with Crippen LogP contribution in [-0.2, 0) is 17.8 Å². The van der Waals surface area contributed by atoms with Crippen molar-refractivity contribution in [1.82, 2.24) is 9.80 Å². The van der Waals surface area contributed by atoms with Crippen molar-refractivity contribution in [3.63, 3.8) is 0 Å². The predicted molar refractivity (Wildman–Crippen MR) is 155 cm³/mol. The molecular weight excluding hydrogens is 541 g/mol. The number of ketones is 1. The number of primary amides is 1. The summed E-state index contributed by atoms with van der Waals surface area (Å²) in [5.41, 5.74) is 2.87. The average Bonchev–Trinajstić information content (AvgIpc) is 3.59. The number of hydrogen-bond acceptors (Lipinski definition) is 8. The van der Waals surface area contributed by atoms with Gasteiger partial charge in [0.15, 0.2) is 11.4 Å². The number of amides is 1. The summed E-state index contributed by atoms with van der Waals surface area (Å²) in [5, 5.41) is 45.2. The number of allylic oxidation sites excluding steroid dienone is 1. The minimum Gasteiger partial charge on any atom is -0.510 e. The number of aromatic hydroxyl groups is 1. The van der Waals surface area contributed by atoms with Crippen molar-refractivity contribution in [2.75, 3.05) is 27.2 Å². The van der Waals surface area contributed by atoms with Crippen molar-refractivity contribution in [3.8, 4) is 5.75 Å². The zero-order valence-electron chi connectivity index (χ0n) is 24.8. The van der Waals surface area contributed by atoms with Crippen molar-refractivity contribution in [1.29, 1.82) is 0 Å². The van der Waals surface area contributed by atoms with Gasteiger partial charge in [-0.2, -0.15) is 0 Å². The van der Waals surface area contributed by atoms with E-state index in [1.807, 2.05) is 0 Å². The van der Waals surface area contributed by atoms with Crippen LogP contribution in [0.4, 0.5) is 4.39 Å². The zero-order chi connectivity index (χ0) is 30.9. The number of nitrogens with two attached hydrogens (primary N) is 1. The molecule has 1 aromatic rings. The molecule has 3 aliphatic carbocycles. The Labute approximate surface area is 245 Å². The smallest absolute Gasteiger partial charge is 0.252 e. The maximum absolute atomic E-state index is 16.2. The first kappa shape index (κ1) is 30.3. The van der Waals surface area contributed by atoms with E-state index in [1.54, 1.807) is 19.0 Å². The number of likely N-dealkylation sites (tertiary alicyclic amines) is 1. The molecule has 1 spiro atoms. The number of fused-ring (bicyclic) bond motifs is 2. The molecule has 2 fully saturated rings. The second kappa shape index (κ2) is 10.2. The minimum atomic E-state index is -2.33. The molecule has 1 aliphatic heterocycles. The molecule has 9 nitrogen and oxygen atoms in total. The molecule has 1 saturated carbocycles. The van der Waals surface area contributed by atoms with Gasteiger partial charge in [-0.1, -0.05) is 20.4 Å². The highest BCUT2D eigenvalue weighted by Crippen LogP contribution is 2.57. The average molecular weight is 584 g/mol. The zero-order valence-corrected chi connectivity index (χ0v) is 24.8. The summed E-state index contributed by atoms with van der Waals surface area (Å²) in [6, 6.07) is 0.323. The molecule has 6 N–H and O–H groups in total. The first-order chi connectivity index (χ1) is 19.5. The SMILES string of the molecule is C=C1C(C(N)=O)=C(O)[C@@H](N(C)C)[C@@H]2CCCc3c(F)c(CN4CC(C)(C)CC5(CC5)C4)cc(O)c3C(=O)/C=C(\O)[C@]12O. The molecule has 42 heavy (non-hydrogen) atoms. The standard InChI is InChI=1S/C32H42FN3O6/c1-17-24(29(34)41)28(40)27(35(4)5)20-8-6-7-19-25(22(38)12-23(39)32(17,20)42)21(37)11-18(26(19)33)13-36-15-30(2,3)14-31(16-36)9-10-31/h11-12,20,27,37,39-40,42H,1,6-10,13-16H2,2-5H3,(H2,34,41)/b23-12-/t20-,27-,32-/m0/s1. The summed E-state index contributed by atoms with van der Waals surface area (Å²) in [5.74, 6) is -5.10. The summed E-state index contributed by atoms with van der Waals surface area (Å²) in [7, 11) is 3.26. The summed E-state index contributed by atoms with van der Waals surface area (Å²) in [4.78, 5) is 29.6. The van der Waals surface area contributed by atoms with Crippen molar-refractivity contribution in [2.24, 2.45) is 22.5 Å². The molecule has 0 aromatic heterocycles. The molecule has 0 bridgehead atoms. The topological polar surface area (TPSA) is 148 Å². The second-order valence-corrected chi connectivity index (χ2v) is 13.9. The number of aliphatic hydroxyl groups excluding tert-OH is 2. The van der Waals surface area contributed by atoms with Crippen LogP contribution in [0.1, 0.15) is 67.4 Å². The van der Waals surface area contributed by atoms with Crippen LogP contribution >= 0.6 is 0 Å². The van der Waals surface area contributed by atoms with Gasteiger partial charge in [-0.05, 0) is 69.5 Å². The Balaban J connectivity index is 1.56. The lowest BCUT2D eigenvalue weighted by Crippen LogP contribution is -2.57. The van der Waals surface area contributed by atoms with Crippen LogP contribution in [0, 0.1) is 22.6 Å². The largest absolute Gasteiger partial charge is 0.510 e. The molecule has 1 aromatic carbocycles. The minimum absolute atomic E-state index is 0.0514. The van der Waals surface area contributed by atoms with Crippen LogP contribution in [0.5, 0.6) is 5.75 Å². The fraction of sp³-hybridized carbons (Fsp3) is 0.562. The highest BCUT2D eigenvalue weighted by Gasteiger charge is 2.55. The Morgan fingerprint density at radius 1 is 1.21 bits per heavy atom. The number of likely N-dealkylation sites (N-methyl/N-ethyl adjacent to an activating group) is 1. The van der Waals surface area contributed by atoms with Crippen LogP contribution < -0.4 is 5.73 Å². The summed E-state index contributed by atoms with van der Waals surface area (Å²) >= 11 is 0. The number of carbonyl (C=O) groups excluding carboxylic acids is 2. The van der Waals surface area contributed by atoms with E-state index in [-0.39, 0.29) is 46.8 Å². The predicted octanol–water partition coefficient (Wildman–Crippen LogP) is 3.65. The third-order valence-electron chi connectivity index (χ3n) is 9.70. The third kappa shape index (κ3) is 4.93. The number of benzene rings is 1. The Kier molecular flexibility index (Phi) is 7.35. The van der Waals surface area contributed by atoms with E-state index in [9.17, 15) is 30.0 Å². The molecule has 1 amide bonds. The van der Waals surface area contributed by atoms with Crippen molar-refractivity contribution < 1.29 is 34.4 Å². The molecule has 0 unspecified atom stereocenters. The second-order valence-electron chi connectivity index (χ2n) is 13.9. The van der Waals surface area contributed by atoms with Gasteiger partial charge in [-0.25, -0.2) is 4.39 Å². The summed E-state index contributed by atoms with van der Waals surface area (Å²) in [6.07, 6.45) is 4.63. The Bertz CT molecular complexity index is 1420. The van der Waals surface area contributed by atoms with E-state index in [2.05, 4.69) is 25.3 Å². The maximum atomic E-state index is 16.2. The number of carbonyl (C=O) groups is 2. The van der Waals surface area contributed by atoms with E-state index in [0.717, 1.165) is 38.4 Å². The van der Waals surface area contributed by atoms with Crippen LogP contribution in [-0.4, -0.2) is 80.7 Å². The van der Waals surface area contributed by atoms with Gasteiger partial charge in [0.1, 0.15) is 23.1 Å². The number of hydrogen-bond donors (Lipinski definition) is 5. The number of rotatable bonds is 4. The van der Waals surface area contributed by atoms with E-state index >= 15 is 4.39 Å². The third-order valence-corrected chi connectivity index (χ3v) is 9.70. The fourth-order valence-corrected chi connectivity index (χ4v) is 8.04. The molecule has 228 valence electrons. The lowest BCUT2D eigenvalue weighted by Gasteiger charge is -2.47. The van der Waals surface area contributed by atoms with Gasteiger partial charge in [-0.3, -0.25) is 19.4 Å². The first-order valence-corrected chi connectivity index (χ1v) is 14.5. The molecule has 1 heterocycles. The van der Waals surface area contributed by atoms with Crippen LogP contribution in [0.25, 0.3) is 0 Å². The Hall–Kier alpha value is -3.21. The molecule has 0 radical (unpaired) electrons. The van der Waals surface area contributed by atoms with Gasteiger partial charge in [0, 0.05) is 48.3 Å². The highest BCUT2D eigenvalue weighted by atomic mass is 19.1. The molecule has 5 rings (SSSR count). The lowest BCUT2D eigenvalue weighted by molar-refractivity contribution is -0.115. The molecule has 10 heteroatoms. The van der Waals surface area contributed by atoms with Gasteiger partial charge in [0.25, 0.3) is 5.91 Å². The quantitative estimate of drug-likeness (QED) is 0.361. The molecular formula is C32H42FN3O6. The van der Waals surface area contributed by atoms with Crippen LogP contribution in [0.2, 0.25) is 0 Å². The van der Waals surface area contributed by atoms with Gasteiger partial charge in [0.05, 0.1) is 17.2 Å². The van der Waals surface area contributed by atoms with Crippen molar-refractivity contribution in [3.05, 3.63) is 63.9 Å². The molecule has 4 aliphatic rings. The van der Waals surface area contributed by atoms with Crippen molar-refractivity contribution in [2.45, 2.75) is 70.6 Å². The highest BCUT2D eigenvalue weighted by molar-refractivity contribution is 6.08. The number of nitrogens with zero attached hydrogens (tertiary/aromatic N) is 2. The molecule has 1 saturated heterocycles. The first-order valence-electron chi connectivity index (χ1n) is 14.5. The number of phenolic OH excluding ortho intramolecular Hbond substituents is 1. The van der Waals surface area contributed by atoms with E-state index < -0.39 is 57.9 Å². The van der Waals surface area contributed by atoms with E-state index in [1.165, 1.54) is 6.07 Å². The number of halogens is 1. The fourth-order valence-electron chi connectivity index (χ4n) is 8.04. The van der Waals surface area contributed by atoms with Gasteiger partial charge in [0.2, 0.25) is 0 Å². The van der Waals surface area contributed by atoms with Gasteiger partial charge >= 0.3 is 0 Å². The summed E-state index contributed by atoms with van der Waals surface area (Å²) in [6.45, 7) is 10.2. The van der Waals surface area contributed by atoms with Gasteiger partial charge < -0.3 is 26.2 Å². The number of aliphatic hydroxyl groups is 3. The number of piperidine rings is 1. The summed E-state index contributed by atoms with van der Waals surface area (Å²) < 4.78 is 16.2. The lowest BCUT2D eigenvalue weighted by atomic mass is 9.65.